The van der Waals surface area contributed by atoms with Gasteiger partial charge < -0.3 is 19.5 Å². The highest BCUT2D eigenvalue weighted by atomic mass is 16.5. The molecule has 29 heavy (non-hydrogen) atoms. The van der Waals surface area contributed by atoms with Crippen LogP contribution in [-0.2, 0) is 11.3 Å². The molecule has 4 rings (SSSR count). The molecule has 0 saturated heterocycles. The number of hydrogen-bond acceptors (Lipinski definition) is 4. The topological polar surface area (TPSA) is 76.5 Å². The van der Waals surface area contributed by atoms with Crippen molar-refractivity contribution in [1.82, 2.24) is 14.9 Å². The van der Waals surface area contributed by atoms with Crippen LogP contribution in [0, 0.1) is 6.92 Å². The minimum Gasteiger partial charge on any atom is -0.489 e. The number of imidazole rings is 1. The van der Waals surface area contributed by atoms with E-state index in [9.17, 15) is 9.59 Å². The number of carbonyl (C=O) groups is 2. The molecule has 7 nitrogen and oxygen atoms in total. The van der Waals surface area contributed by atoms with Crippen molar-refractivity contribution in [3.63, 3.8) is 0 Å². The van der Waals surface area contributed by atoms with Crippen LogP contribution in [0.25, 0.3) is 0 Å². The van der Waals surface area contributed by atoms with E-state index in [1.807, 2.05) is 60.0 Å². The highest BCUT2D eigenvalue weighted by Crippen LogP contribution is 2.29. The Morgan fingerprint density at radius 3 is 2.69 bits per heavy atom. The fourth-order valence-corrected chi connectivity index (χ4v) is 3.35. The number of para-hydroxylation sites is 2. The van der Waals surface area contributed by atoms with Crippen LogP contribution < -0.4 is 15.0 Å². The summed E-state index contributed by atoms with van der Waals surface area (Å²) in [6, 6.07) is 16.5. The van der Waals surface area contributed by atoms with Crippen molar-refractivity contribution in [3.05, 3.63) is 77.9 Å². The first-order valence-corrected chi connectivity index (χ1v) is 9.41. The van der Waals surface area contributed by atoms with Gasteiger partial charge in [0.1, 0.15) is 29.9 Å². The molecule has 0 fully saturated rings. The molecule has 1 atom stereocenters. The van der Waals surface area contributed by atoms with Gasteiger partial charge in [0.2, 0.25) is 0 Å². The molecule has 0 spiro atoms. The Bertz CT molecular complexity index is 1050. The lowest BCUT2D eigenvalue weighted by Crippen LogP contribution is -2.49. The standard InChI is InChI=1S/C22H22N4O3/c1-15-23-17(13-26(15)12-16-8-4-3-5-9-16)21(27)24-18-14-29-20-11-7-6-10-19(20)25(2)22(18)28/h3-11,13,18H,12,14H2,1-2H3,(H,24,27)/t18-/m0/s1. The van der Waals surface area contributed by atoms with Gasteiger partial charge in [-0.3, -0.25) is 9.59 Å². The van der Waals surface area contributed by atoms with Gasteiger partial charge >= 0.3 is 0 Å². The van der Waals surface area contributed by atoms with E-state index in [0.29, 0.717) is 18.0 Å². The van der Waals surface area contributed by atoms with E-state index < -0.39 is 11.9 Å². The highest BCUT2D eigenvalue weighted by molar-refractivity contribution is 6.02. The number of nitrogens with one attached hydrogen (secondary N) is 1. The molecule has 2 amide bonds. The Kier molecular flexibility index (Phi) is 5.03. The summed E-state index contributed by atoms with van der Waals surface area (Å²) in [6.45, 7) is 2.54. The summed E-state index contributed by atoms with van der Waals surface area (Å²) in [5, 5.41) is 2.76. The average Bonchev–Trinajstić information content (AvgIpc) is 3.06. The van der Waals surface area contributed by atoms with Crippen LogP contribution in [0.4, 0.5) is 5.69 Å². The van der Waals surface area contributed by atoms with Gasteiger partial charge in [0.25, 0.3) is 11.8 Å². The van der Waals surface area contributed by atoms with Crippen molar-refractivity contribution in [2.45, 2.75) is 19.5 Å². The smallest absolute Gasteiger partial charge is 0.272 e. The van der Waals surface area contributed by atoms with E-state index in [-0.39, 0.29) is 18.2 Å². The number of nitrogens with zero attached hydrogens (tertiary/aromatic N) is 3. The van der Waals surface area contributed by atoms with E-state index >= 15 is 0 Å². The number of hydrogen-bond donors (Lipinski definition) is 1. The van der Waals surface area contributed by atoms with Gasteiger partial charge in [-0.05, 0) is 24.6 Å². The van der Waals surface area contributed by atoms with Crippen LogP contribution in [0.5, 0.6) is 5.75 Å². The second-order valence-electron chi connectivity index (χ2n) is 6.99. The van der Waals surface area contributed by atoms with E-state index in [0.717, 1.165) is 11.4 Å². The van der Waals surface area contributed by atoms with Gasteiger partial charge in [-0.2, -0.15) is 0 Å². The SMILES string of the molecule is Cc1nc(C(=O)N[C@H]2COc3ccccc3N(C)C2=O)cn1Cc1ccccc1. The summed E-state index contributed by atoms with van der Waals surface area (Å²) in [5.74, 6) is 0.708. The van der Waals surface area contributed by atoms with Gasteiger partial charge in [-0.1, -0.05) is 42.5 Å². The van der Waals surface area contributed by atoms with Crippen LogP contribution in [0.3, 0.4) is 0 Å². The van der Waals surface area contributed by atoms with Gasteiger partial charge in [0.15, 0.2) is 0 Å². The molecule has 1 aromatic heterocycles. The third kappa shape index (κ3) is 3.85. The quantitative estimate of drug-likeness (QED) is 0.742. The Morgan fingerprint density at radius 2 is 1.90 bits per heavy atom. The fourth-order valence-electron chi connectivity index (χ4n) is 3.35. The molecule has 1 aliphatic heterocycles. The zero-order valence-corrected chi connectivity index (χ0v) is 16.3. The Morgan fingerprint density at radius 1 is 1.17 bits per heavy atom. The molecule has 0 aliphatic carbocycles. The fraction of sp³-hybridized carbons (Fsp3) is 0.227. The molecule has 0 radical (unpaired) electrons. The molecule has 3 aromatic rings. The number of anilines is 1. The first-order valence-electron chi connectivity index (χ1n) is 9.41. The lowest BCUT2D eigenvalue weighted by molar-refractivity contribution is -0.120. The molecule has 1 N–H and O–H groups in total. The van der Waals surface area contributed by atoms with Crippen molar-refractivity contribution >= 4 is 17.5 Å². The molecule has 0 bridgehead atoms. The number of amides is 2. The van der Waals surface area contributed by atoms with Crippen molar-refractivity contribution < 1.29 is 14.3 Å². The number of rotatable bonds is 4. The third-order valence-corrected chi connectivity index (χ3v) is 4.97. The second-order valence-corrected chi connectivity index (χ2v) is 6.99. The Labute approximate surface area is 168 Å². The Hall–Kier alpha value is -3.61. The number of aromatic nitrogens is 2. The number of benzene rings is 2. The number of likely N-dealkylation sites (N-methyl/N-ethyl adjacent to an activating group) is 1. The van der Waals surface area contributed by atoms with Gasteiger partial charge in [-0.25, -0.2) is 4.98 Å². The normalized spacial score (nSPS) is 16.0. The summed E-state index contributed by atoms with van der Waals surface area (Å²) in [4.78, 5) is 31.4. The van der Waals surface area contributed by atoms with Gasteiger partial charge in [0.05, 0.1) is 5.69 Å². The maximum atomic E-state index is 12.8. The first kappa shape index (κ1) is 18.7. The molecular weight excluding hydrogens is 368 g/mol. The molecule has 2 aromatic carbocycles. The van der Waals surface area contributed by atoms with Crippen molar-refractivity contribution in [2.24, 2.45) is 0 Å². The zero-order valence-electron chi connectivity index (χ0n) is 16.3. The molecule has 0 unspecified atom stereocenters. The molecule has 148 valence electrons. The minimum absolute atomic E-state index is 0.0651. The monoisotopic (exact) mass is 390 g/mol. The summed E-state index contributed by atoms with van der Waals surface area (Å²) < 4.78 is 7.66. The summed E-state index contributed by atoms with van der Waals surface area (Å²) in [7, 11) is 1.67. The number of ether oxygens (including phenoxy) is 1. The Balaban J connectivity index is 1.48. The lowest BCUT2D eigenvalue weighted by Gasteiger charge is -2.20. The largest absolute Gasteiger partial charge is 0.489 e. The molecule has 0 saturated carbocycles. The third-order valence-electron chi connectivity index (χ3n) is 4.97. The van der Waals surface area contributed by atoms with Crippen LogP contribution in [-0.4, -0.2) is 41.1 Å². The summed E-state index contributed by atoms with van der Waals surface area (Å²) in [5.41, 5.74) is 2.07. The number of fused-ring (bicyclic) bond motifs is 1. The second kappa shape index (κ2) is 7.79. The number of aryl methyl sites for hydroxylation is 1. The van der Waals surface area contributed by atoms with E-state index in [2.05, 4.69) is 10.3 Å². The summed E-state index contributed by atoms with van der Waals surface area (Å²) in [6.07, 6.45) is 1.71. The molecule has 2 heterocycles. The molecule has 1 aliphatic rings. The molecular formula is C22H22N4O3. The van der Waals surface area contributed by atoms with Crippen LogP contribution >= 0.6 is 0 Å². The van der Waals surface area contributed by atoms with E-state index in [1.54, 1.807) is 19.3 Å². The predicted octanol–water partition coefficient (Wildman–Crippen LogP) is 2.39. The van der Waals surface area contributed by atoms with E-state index in [4.69, 9.17) is 4.74 Å². The predicted molar refractivity (Wildman–Crippen MR) is 109 cm³/mol. The van der Waals surface area contributed by atoms with E-state index in [1.165, 1.54) is 4.90 Å². The van der Waals surface area contributed by atoms with Crippen molar-refractivity contribution in [3.8, 4) is 5.75 Å². The van der Waals surface area contributed by atoms with Gasteiger partial charge in [0, 0.05) is 19.8 Å². The maximum Gasteiger partial charge on any atom is 0.272 e. The highest BCUT2D eigenvalue weighted by Gasteiger charge is 2.31. The van der Waals surface area contributed by atoms with Crippen LogP contribution in [0.15, 0.2) is 60.8 Å². The van der Waals surface area contributed by atoms with Crippen molar-refractivity contribution in [1.29, 1.82) is 0 Å². The summed E-state index contributed by atoms with van der Waals surface area (Å²) >= 11 is 0. The maximum absolute atomic E-state index is 12.8. The van der Waals surface area contributed by atoms with Crippen LogP contribution in [0.1, 0.15) is 21.9 Å². The zero-order chi connectivity index (χ0) is 20.4. The minimum atomic E-state index is -0.792. The van der Waals surface area contributed by atoms with Crippen LogP contribution in [0.2, 0.25) is 0 Å². The van der Waals surface area contributed by atoms with Crippen molar-refractivity contribution in [2.75, 3.05) is 18.6 Å². The molecule has 7 heteroatoms. The number of carbonyl (C=O) groups excluding carboxylic acids is 2. The lowest BCUT2D eigenvalue weighted by atomic mass is 10.2. The van der Waals surface area contributed by atoms with Gasteiger partial charge in [-0.15, -0.1) is 0 Å². The average molecular weight is 390 g/mol. The first-order chi connectivity index (χ1) is 14.0.